The number of hydrogen-bond donors (Lipinski definition) is 2. The van der Waals surface area contributed by atoms with Crippen molar-refractivity contribution >= 4 is 23.7 Å². The van der Waals surface area contributed by atoms with E-state index in [1.54, 1.807) is 19.5 Å². The molecule has 0 radical (unpaired) electrons. The van der Waals surface area contributed by atoms with E-state index in [2.05, 4.69) is 32.8 Å². The van der Waals surface area contributed by atoms with Crippen molar-refractivity contribution in [3.8, 4) is 17.1 Å². The van der Waals surface area contributed by atoms with Crippen LogP contribution < -0.4 is 4.74 Å². The second kappa shape index (κ2) is 4.30. The molecule has 0 bridgehead atoms. The van der Waals surface area contributed by atoms with Crippen LogP contribution in [0.1, 0.15) is 0 Å². The zero-order valence-electron chi connectivity index (χ0n) is 9.58. The number of ether oxygens (including phenoxy) is 1. The first-order valence-corrected chi connectivity index (χ1v) is 5.76. The van der Waals surface area contributed by atoms with Gasteiger partial charge in [0.05, 0.1) is 30.6 Å². The Bertz CT molecular complexity index is 677. The van der Waals surface area contributed by atoms with E-state index in [1.807, 2.05) is 18.2 Å². The molecule has 0 unspecified atom stereocenters. The van der Waals surface area contributed by atoms with E-state index in [0.717, 1.165) is 33.1 Å². The van der Waals surface area contributed by atoms with Crippen LogP contribution in [0, 0.1) is 0 Å². The highest BCUT2D eigenvalue weighted by Gasteiger charge is 2.10. The number of nitrogens with zero attached hydrogens (tertiary/aromatic N) is 3. The van der Waals surface area contributed by atoms with Crippen molar-refractivity contribution in [3.63, 3.8) is 0 Å². The Morgan fingerprint density at radius 3 is 2.83 bits per heavy atom. The van der Waals surface area contributed by atoms with Crippen molar-refractivity contribution in [2.75, 3.05) is 7.11 Å². The van der Waals surface area contributed by atoms with Crippen LogP contribution in [0.3, 0.4) is 0 Å². The molecule has 0 saturated carbocycles. The van der Waals surface area contributed by atoms with Crippen LogP contribution in [0.2, 0.25) is 0 Å². The monoisotopic (exact) mass is 258 g/mol. The van der Waals surface area contributed by atoms with Gasteiger partial charge in [0.15, 0.2) is 0 Å². The minimum Gasteiger partial charge on any atom is -0.496 e. The van der Waals surface area contributed by atoms with E-state index in [4.69, 9.17) is 4.74 Å². The number of fused-ring (bicyclic) bond motifs is 1. The minimum absolute atomic E-state index is 0.725. The summed E-state index contributed by atoms with van der Waals surface area (Å²) in [6.45, 7) is 0. The van der Waals surface area contributed by atoms with Gasteiger partial charge in [0.2, 0.25) is 0 Å². The third-order valence-electron chi connectivity index (χ3n) is 2.64. The van der Waals surface area contributed by atoms with Crippen molar-refractivity contribution in [1.82, 2.24) is 20.2 Å². The topological polar surface area (TPSA) is 63.7 Å². The highest BCUT2D eigenvalue weighted by Crippen LogP contribution is 2.30. The SMILES string of the molecule is COc1cc(S)ccc1-c1nc2cnncc2[nH]1. The second-order valence-corrected chi connectivity index (χ2v) is 4.27. The standard InChI is InChI=1S/C12H10N4OS/c1-17-11-4-7(18)2-3-8(11)12-15-9-5-13-14-6-10(9)16-12/h2-6,18H,1H3,(H,15,16). The first kappa shape index (κ1) is 11.0. The Morgan fingerprint density at radius 2 is 2.06 bits per heavy atom. The summed E-state index contributed by atoms with van der Waals surface area (Å²) in [5, 5.41) is 7.61. The number of aromatic nitrogens is 4. The van der Waals surface area contributed by atoms with Crippen molar-refractivity contribution in [2.45, 2.75) is 4.90 Å². The molecule has 0 aliphatic carbocycles. The maximum absolute atomic E-state index is 5.34. The fourth-order valence-electron chi connectivity index (χ4n) is 1.78. The number of imidazole rings is 1. The molecule has 2 aromatic heterocycles. The maximum Gasteiger partial charge on any atom is 0.142 e. The first-order chi connectivity index (χ1) is 8.78. The summed E-state index contributed by atoms with van der Waals surface area (Å²) in [5.41, 5.74) is 2.50. The van der Waals surface area contributed by atoms with Gasteiger partial charge in [-0.25, -0.2) is 4.98 Å². The Balaban J connectivity index is 2.19. The number of nitrogens with one attached hydrogen (secondary N) is 1. The van der Waals surface area contributed by atoms with Gasteiger partial charge in [-0.2, -0.15) is 10.2 Å². The van der Waals surface area contributed by atoms with E-state index >= 15 is 0 Å². The number of H-pyrrole nitrogens is 1. The molecule has 3 aromatic rings. The van der Waals surface area contributed by atoms with Crippen LogP contribution in [0.5, 0.6) is 5.75 Å². The Labute approximate surface area is 109 Å². The predicted octanol–water partition coefficient (Wildman–Crippen LogP) is 2.32. The molecule has 0 spiro atoms. The zero-order chi connectivity index (χ0) is 12.5. The van der Waals surface area contributed by atoms with Crippen molar-refractivity contribution < 1.29 is 4.74 Å². The summed E-state index contributed by atoms with van der Waals surface area (Å²) in [6, 6.07) is 5.66. The Morgan fingerprint density at radius 1 is 1.22 bits per heavy atom. The smallest absolute Gasteiger partial charge is 0.142 e. The van der Waals surface area contributed by atoms with Crippen LogP contribution in [0.15, 0.2) is 35.5 Å². The fourth-order valence-corrected chi connectivity index (χ4v) is 1.97. The molecule has 6 heteroatoms. The molecular formula is C12H10N4OS. The molecule has 0 atom stereocenters. The summed E-state index contributed by atoms with van der Waals surface area (Å²) in [5.74, 6) is 1.45. The molecule has 5 nitrogen and oxygen atoms in total. The van der Waals surface area contributed by atoms with Gasteiger partial charge in [0, 0.05) is 4.90 Å². The average molecular weight is 258 g/mol. The van der Waals surface area contributed by atoms with Gasteiger partial charge in [-0.15, -0.1) is 12.6 Å². The third-order valence-corrected chi connectivity index (χ3v) is 2.91. The summed E-state index contributed by atoms with van der Waals surface area (Å²) in [6.07, 6.45) is 3.26. The summed E-state index contributed by atoms with van der Waals surface area (Å²) < 4.78 is 5.34. The number of aromatic amines is 1. The molecule has 0 aliphatic heterocycles. The van der Waals surface area contributed by atoms with E-state index in [-0.39, 0.29) is 0 Å². The highest BCUT2D eigenvalue weighted by molar-refractivity contribution is 7.80. The maximum atomic E-state index is 5.34. The number of rotatable bonds is 2. The molecule has 3 rings (SSSR count). The number of benzene rings is 1. The molecular weight excluding hydrogens is 248 g/mol. The quantitative estimate of drug-likeness (QED) is 0.692. The summed E-state index contributed by atoms with van der Waals surface area (Å²) >= 11 is 4.29. The molecule has 0 saturated heterocycles. The Kier molecular flexibility index (Phi) is 2.64. The second-order valence-electron chi connectivity index (χ2n) is 3.76. The molecule has 0 aliphatic rings. The van der Waals surface area contributed by atoms with E-state index in [9.17, 15) is 0 Å². The molecule has 1 aromatic carbocycles. The number of hydrogen-bond acceptors (Lipinski definition) is 5. The fraction of sp³-hybridized carbons (Fsp3) is 0.0833. The van der Waals surface area contributed by atoms with Gasteiger partial charge in [0.1, 0.15) is 17.1 Å². The predicted molar refractivity (Wildman–Crippen MR) is 70.9 cm³/mol. The van der Waals surface area contributed by atoms with Gasteiger partial charge < -0.3 is 9.72 Å². The lowest BCUT2D eigenvalue weighted by atomic mass is 10.2. The minimum atomic E-state index is 0.725. The number of methoxy groups -OCH3 is 1. The molecule has 1 N–H and O–H groups in total. The lowest BCUT2D eigenvalue weighted by Gasteiger charge is -2.06. The lowest BCUT2D eigenvalue weighted by Crippen LogP contribution is -1.89. The molecule has 18 heavy (non-hydrogen) atoms. The highest BCUT2D eigenvalue weighted by atomic mass is 32.1. The van der Waals surface area contributed by atoms with E-state index in [0.29, 0.717) is 0 Å². The van der Waals surface area contributed by atoms with Crippen LogP contribution >= 0.6 is 12.6 Å². The van der Waals surface area contributed by atoms with Gasteiger partial charge in [-0.1, -0.05) is 0 Å². The van der Waals surface area contributed by atoms with E-state index < -0.39 is 0 Å². The number of thiol groups is 1. The van der Waals surface area contributed by atoms with Gasteiger partial charge >= 0.3 is 0 Å². The summed E-state index contributed by atoms with van der Waals surface area (Å²) in [4.78, 5) is 8.49. The van der Waals surface area contributed by atoms with E-state index in [1.165, 1.54) is 0 Å². The molecule has 2 heterocycles. The molecule has 0 amide bonds. The lowest BCUT2D eigenvalue weighted by molar-refractivity contribution is 0.415. The van der Waals surface area contributed by atoms with Gasteiger partial charge in [-0.3, -0.25) is 0 Å². The zero-order valence-corrected chi connectivity index (χ0v) is 10.5. The third kappa shape index (κ3) is 1.80. The van der Waals surface area contributed by atoms with Gasteiger partial charge in [0.25, 0.3) is 0 Å². The Hall–Kier alpha value is -2.08. The molecule has 90 valence electrons. The largest absolute Gasteiger partial charge is 0.496 e. The average Bonchev–Trinajstić information content (AvgIpc) is 2.82. The summed E-state index contributed by atoms with van der Waals surface area (Å²) in [7, 11) is 1.62. The van der Waals surface area contributed by atoms with Crippen LogP contribution in [-0.4, -0.2) is 27.3 Å². The van der Waals surface area contributed by atoms with Crippen LogP contribution in [0.25, 0.3) is 22.4 Å². The van der Waals surface area contributed by atoms with Crippen molar-refractivity contribution in [3.05, 3.63) is 30.6 Å². The van der Waals surface area contributed by atoms with Crippen LogP contribution in [-0.2, 0) is 0 Å². The first-order valence-electron chi connectivity index (χ1n) is 5.31. The normalized spacial score (nSPS) is 10.8. The molecule has 0 fully saturated rings. The van der Waals surface area contributed by atoms with Crippen LogP contribution in [0.4, 0.5) is 0 Å². The van der Waals surface area contributed by atoms with Crippen molar-refractivity contribution in [1.29, 1.82) is 0 Å². The van der Waals surface area contributed by atoms with Crippen molar-refractivity contribution in [2.24, 2.45) is 0 Å². The van der Waals surface area contributed by atoms with Gasteiger partial charge in [-0.05, 0) is 18.2 Å².